The van der Waals surface area contributed by atoms with Crippen molar-refractivity contribution >= 4 is 29.5 Å². The first-order chi connectivity index (χ1) is 14.5. The van der Waals surface area contributed by atoms with Gasteiger partial charge in [-0.1, -0.05) is 30.2 Å². The number of esters is 2. The fraction of sp³-hybridized carbons (Fsp3) is 0.429. The molecular weight excluding hydrogens is 408 g/mol. The third-order valence-corrected chi connectivity index (χ3v) is 5.67. The first-order valence-corrected chi connectivity index (χ1v) is 10.3. The number of carbonyl (C=O) groups excluding carboxylic acids is 2. The van der Waals surface area contributed by atoms with E-state index in [4.69, 9.17) is 21.1 Å². The Morgan fingerprint density at radius 2 is 1.97 bits per heavy atom. The number of aromatic nitrogens is 3. The summed E-state index contributed by atoms with van der Waals surface area (Å²) < 4.78 is 12.1. The molecule has 1 atom stereocenters. The SMILES string of the molecule is COC(=O)c1nc2n(n1)[C@@H](c1cccc(Cl)c1)C(C(=O)OC1CCCCC1)=C(C)N2. The minimum absolute atomic E-state index is 0.0886. The second-order valence-electron chi connectivity index (χ2n) is 7.48. The maximum Gasteiger partial charge on any atom is 0.378 e. The van der Waals surface area contributed by atoms with Crippen molar-refractivity contribution in [3.63, 3.8) is 0 Å². The standard InChI is InChI=1S/C21H23ClN4O4/c1-12-16(19(27)30-15-9-4-3-5-10-15)17(13-7-6-8-14(22)11-13)26-21(23-12)24-18(25-26)20(28)29-2/h6-8,11,15,17H,3-5,9-10H2,1-2H3,(H,23,24,25)/t17-/m0/s1. The number of anilines is 1. The van der Waals surface area contributed by atoms with E-state index in [0.717, 1.165) is 31.2 Å². The lowest BCUT2D eigenvalue weighted by Gasteiger charge is -2.30. The van der Waals surface area contributed by atoms with Crippen LogP contribution in [-0.2, 0) is 14.3 Å². The monoisotopic (exact) mass is 430 g/mol. The van der Waals surface area contributed by atoms with Crippen molar-refractivity contribution in [2.75, 3.05) is 12.4 Å². The van der Waals surface area contributed by atoms with Crippen molar-refractivity contribution in [2.45, 2.75) is 51.2 Å². The van der Waals surface area contributed by atoms with Gasteiger partial charge in [-0.15, -0.1) is 5.10 Å². The summed E-state index contributed by atoms with van der Waals surface area (Å²) in [6.07, 6.45) is 4.93. The summed E-state index contributed by atoms with van der Waals surface area (Å²) in [6.45, 7) is 1.78. The van der Waals surface area contributed by atoms with Gasteiger partial charge in [-0.25, -0.2) is 14.3 Å². The van der Waals surface area contributed by atoms with E-state index in [9.17, 15) is 9.59 Å². The summed E-state index contributed by atoms with van der Waals surface area (Å²) in [5, 5.41) is 7.90. The molecule has 1 N–H and O–H groups in total. The summed E-state index contributed by atoms with van der Waals surface area (Å²) in [6, 6.07) is 6.54. The number of benzene rings is 1. The second-order valence-corrected chi connectivity index (χ2v) is 7.92. The minimum atomic E-state index is -0.660. The lowest BCUT2D eigenvalue weighted by molar-refractivity contribution is -0.146. The van der Waals surface area contributed by atoms with Gasteiger partial charge in [-0.2, -0.15) is 4.98 Å². The number of carbonyl (C=O) groups is 2. The largest absolute Gasteiger partial charge is 0.463 e. The Bertz CT molecular complexity index is 1010. The molecule has 30 heavy (non-hydrogen) atoms. The van der Waals surface area contributed by atoms with Crippen LogP contribution >= 0.6 is 11.6 Å². The fourth-order valence-electron chi connectivity index (χ4n) is 3.98. The highest BCUT2D eigenvalue weighted by Crippen LogP contribution is 2.37. The maximum absolute atomic E-state index is 13.2. The number of ether oxygens (including phenoxy) is 2. The van der Waals surface area contributed by atoms with Crippen LogP contribution in [0.2, 0.25) is 5.02 Å². The Hall–Kier alpha value is -2.87. The average molecular weight is 431 g/mol. The van der Waals surface area contributed by atoms with E-state index in [0.29, 0.717) is 22.2 Å². The molecule has 0 saturated heterocycles. The van der Waals surface area contributed by atoms with E-state index in [2.05, 4.69) is 15.4 Å². The van der Waals surface area contributed by atoms with Gasteiger partial charge in [-0.05, 0) is 50.3 Å². The molecule has 0 bridgehead atoms. The van der Waals surface area contributed by atoms with E-state index in [-0.39, 0.29) is 11.9 Å². The van der Waals surface area contributed by atoms with E-state index >= 15 is 0 Å². The third kappa shape index (κ3) is 3.92. The molecule has 1 aliphatic carbocycles. The summed E-state index contributed by atoms with van der Waals surface area (Å²) in [5.41, 5.74) is 1.75. The van der Waals surface area contributed by atoms with E-state index in [1.165, 1.54) is 18.2 Å². The van der Waals surface area contributed by atoms with Gasteiger partial charge in [0.05, 0.1) is 12.7 Å². The van der Waals surface area contributed by atoms with E-state index in [1.807, 2.05) is 6.07 Å². The van der Waals surface area contributed by atoms with Crippen molar-refractivity contribution in [3.05, 3.63) is 51.9 Å². The zero-order valence-electron chi connectivity index (χ0n) is 16.9. The third-order valence-electron chi connectivity index (χ3n) is 5.43. The van der Waals surface area contributed by atoms with Crippen LogP contribution in [0, 0.1) is 0 Å². The summed E-state index contributed by atoms with van der Waals surface area (Å²) in [7, 11) is 1.26. The molecule has 2 aromatic rings. The topological polar surface area (TPSA) is 95.3 Å². The maximum atomic E-state index is 13.2. The Kier molecular flexibility index (Phi) is 5.76. The highest BCUT2D eigenvalue weighted by atomic mass is 35.5. The number of rotatable bonds is 4. The van der Waals surface area contributed by atoms with Crippen LogP contribution in [0.4, 0.5) is 5.95 Å². The van der Waals surface area contributed by atoms with Crippen LogP contribution in [0.25, 0.3) is 0 Å². The molecule has 0 radical (unpaired) electrons. The number of methoxy groups -OCH3 is 1. The molecule has 1 aliphatic heterocycles. The Morgan fingerprint density at radius 1 is 1.20 bits per heavy atom. The summed E-state index contributed by atoms with van der Waals surface area (Å²) in [4.78, 5) is 29.4. The predicted molar refractivity (Wildman–Crippen MR) is 110 cm³/mol. The number of fused-ring (bicyclic) bond motifs is 1. The van der Waals surface area contributed by atoms with Crippen LogP contribution in [-0.4, -0.2) is 39.9 Å². The van der Waals surface area contributed by atoms with Crippen molar-refractivity contribution in [3.8, 4) is 0 Å². The number of nitrogens with one attached hydrogen (secondary N) is 1. The Morgan fingerprint density at radius 3 is 2.67 bits per heavy atom. The van der Waals surface area contributed by atoms with E-state index in [1.54, 1.807) is 25.1 Å². The van der Waals surface area contributed by atoms with Gasteiger partial charge in [0.25, 0.3) is 5.82 Å². The van der Waals surface area contributed by atoms with Crippen molar-refractivity contribution in [2.24, 2.45) is 0 Å². The second kappa shape index (κ2) is 8.47. The minimum Gasteiger partial charge on any atom is -0.463 e. The number of nitrogens with zero attached hydrogens (tertiary/aromatic N) is 3. The van der Waals surface area contributed by atoms with Gasteiger partial charge >= 0.3 is 11.9 Å². The van der Waals surface area contributed by atoms with Gasteiger partial charge in [0.15, 0.2) is 0 Å². The predicted octanol–water partition coefficient (Wildman–Crippen LogP) is 3.88. The summed E-state index contributed by atoms with van der Waals surface area (Å²) >= 11 is 6.22. The lowest BCUT2D eigenvalue weighted by atomic mass is 9.95. The van der Waals surface area contributed by atoms with Crippen LogP contribution in [0.3, 0.4) is 0 Å². The number of hydrogen-bond donors (Lipinski definition) is 1. The molecule has 2 aliphatic rings. The van der Waals surface area contributed by atoms with Crippen molar-refractivity contribution in [1.82, 2.24) is 14.8 Å². The molecule has 0 spiro atoms. The zero-order chi connectivity index (χ0) is 21.3. The van der Waals surface area contributed by atoms with Crippen LogP contribution in [0.15, 0.2) is 35.5 Å². The van der Waals surface area contributed by atoms with Gasteiger partial charge in [-0.3, -0.25) is 0 Å². The van der Waals surface area contributed by atoms with Crippen molar-refractivity contribution in [1.29, 1.82) is 0 Å². The van der Waals surface area contributed by atoms with Crippen LogP contribution < -0.4 is 5.32 Å². The molecule has 1 aromatic carbocycles. The first-order valence-electron chi connectivity index (χ1n) is 9.97. The molecule has 1 saturated carbocycles. The quantitative estimate of drug-likeness (QED) is 0.735. The van der Waals surface area contributed by atoms with Gasteiger partial charge in [0, 0.05) is 10.7 Å². The highest BCUT2D eigenvalue weighted by Gasteiger charge is 2.37. The molecule has 0 unspecified atom stereocenters. The van der Waals surface area contributed by atoms with Crippen LogP contribution in [0.1, 0.15) is 61.3 Å². The molecule has 4 rings (SSSR count). The molecule has 2 heterocycles. The highest BCUT2D eigenvalue weighted by molar-refractivity contribution is 6.30. The molecular formula is C21H23ClN4O4. The summed E-state index contributed by atoms with van der Waals surface area (Å²) in [5.74, 6) is -0.820. The molecule has 9 heteroatoms. The molecule has 8 nitrogen and oxygen atoms in total. The normalized spacial score (nSPS) is 19.1. The Labute approximate surface area is 179 Å². The lowest BCUT2D eigenvalue weighted by Crippen LogP contribution is -2.32. The average Bonchev–Trinajstić information content (AvgIpc) is 3.16. The molecule has 0 amide bonds. The first kappa shape index (κ1) is 20.4. The van der Waals surface area contributed by atoms with Crippen molar-refractivity contribution < 1.29 is 19.1 Å². The smallest absolute Gasteiger partial charge is 0.378 e. The molecule has 158 valence electrons. The van der Waals surface area contributed by atoms with Crippen LogP contribution in [0.5, 0.6) is 0 Å². The molecule has 1 fully saturated rings. The number of hydrogen-bond acceptors (Lipinski definition) is 7. The van der Waals surface area contributed by atoms with Gasteiger partial charge in [0.1, 0.15) is 12.1 Å². The van der Waals surface area contributed by atoms with Gasteiger partial charge in [0.2, 0.25) is 5.95 Å². The Balaban J connectivity index is 1.75. The molecule has 1 aromatic heterocycles. The fourth-order valence-corrected chi connectivity index (χ4v) is 4.17. The van der Waals surface area contributed by atoms with E-state index < -0.39 is 18.0 Å². The number of halogens is 1. The van der Waals surface area contributed by atoms with Gasteiger partial charge < -0.3 is 14.8 Å². The number of allylic oxidation sites excluding steroid dienone is 1. The zero-order valence-corrected chi connectivity index (χ0v) is 17.6.